The van der Waals surface area contributed by atoms with Crippen molar-refractivity contribution in [2.24, 2.45) is 23.7 Å². The average Bonchev–Trinajstić information content (AvgIpc) is 2.89. The van der Waals surface area contributed by atoms with E-state index in [2.05, 4.69) is 15.6 Å². The molecule has 4 rings (SSSR count). The molecule has 1 aromatic heterocycles. The van der Waals surface area contributed by atoms with E-state index in [0.29, 0.717) is 42.8 Å². The monoisotopic (exact) mass is 498 g/mol. The minimum Gasteiger partial charge on any atom is -0.481 e. The molecule has 2 aliphatic rings. The van der Waals surface area contributed by atoms with Gasteiger partial charge in [0.15, 0.2) is 0 Å². The maximum absolute atomic E-state index is 12.6. The van der Waals surface area contributed by atoms with Gasteiger partial charge in [-0.15, -0.1) is 0 Å². The summed E-state index contributed by atoms with van der Waals surface area (Å²) in [5.74, 6) is -0.747. The fourth-order valence-electron chi connectivity index (χ4n) is 5.43. The molecule has 2 aliphatic carbocycles. The summed E-state index contributed by atoms with van der Waals surface area (Å²) < 4.78 is 0.910. The van der Waals surface area contributed by atoms with Crippen molar-refractivity contribution in [3.8, 4) is 0 Å². The van der Waals surface area contributed by atoms with Crippen LogP contribution >= 0.6 is 0 Å². The molecule has 0 atom stereocenters. The zero-order chi connectivity index (χ0) is 25.7. The number of aromatic amines is 1. The van der Waals surface area contributed by atoms with Gasteiger partial charge in [-0.25, -0.2) is 4.79 Å². The molecule has 0 bridgehead atoms. The van der Waals surface area contributed by atoms with E-state index in [4.69, 9.17) is 5.11 Å². The largest absolute Gasteiger partial charge is 0.481 e. The van der Waals surface area contributed by atoms with Crippen LogP contribution in [0.5, 0.6) is 0 Å². The van der Waals surface area contributed by atoms with Crippen LogP contribution < -0.4 is 21.9 Å². The molecular weight excluding hydrogens is 464 g/mol. The van der Waals surface area contributed by atoms with E-state index < -0.39 is 23.1 Å². The maximum atomic E-state index is 12.6. The number of carboxylic acid groups (broad SMARTS) is 1. The highest BCUT2D eigenvalue weighted by Gasteiger charge is 2.29. The normalized spacial score (nSPS) is 24.2. The lowest BCUT2D eigenvalue weighted by Gasteiger charge is -2.29. The van der Waals surface area contributed by atoms with Gasteiger partial charge in [0.25, 0.3) is 5.56 Å². The third-order valence-electron chi connectivity index (χ3n) is 7.76. The zero-order valence-electron chi connectivity index (χ0n) is 20.3. The first-order chi connectivity index (χ1) is 17.3. The molecule has 1 aromatic carbocycles. The van der Waals surface area contributed by atoms with Crippen molar-refractivity contribution in [1.82, 2.24) is 20.2 Å². The number of nitrogens with zero attached hydrogens (tertiary/aromatic N) is 1. The lowest BCUT2D eigenvalue weighted by atomic mass is 9.80. The highest BCUT2D eigenvalue weighted by Crippen LogP contribution is 2.30. The summed E-state index contributed by atoms with van der Waals surface area (Å²) in [6.07, 6.45) is 6.16. The minimum absolute atomic E-state index is 0.0398. The number of para-hydroxylation sites is 1. The number of benzene rings is 1. The Morgan fingerprint density at radius 3 is 2.08 bits per heavy atom. The smallest absolute Gasteiger partial charge is 0.329 e. The van der Waals surface area contributed by atoms with Gasteiger partial charge in [-0.1, -0.05) is 12.1 Å². The van der Waals surface area contributed by atoms with Gasteiger partial charge in [-0.05, 0) is 75.3 Å². The second kappa shape index (κ2) is 11.5. The summed E-state index contributed by atoms with van der Waals surface area (Å²) in [7, 11) is 0. The van der Waals surface area contributed by atoms with Crippen molar-refractivity contribution < 1.29 is 19.5 Å². The Labute approximate surface area is 208 Å². The topological polar surface area (TPSA) is 150 Å². The van der Waals surface area contributed by atoms with Crippen LogP contribution in [-0.2, 0) is 20.9 Å². The molecular formula is C26H34N4O6. The molecule has 194 valence electrons. The second-order valence-corrected chi connectivity index (χ2v) is 10.2. The summed E-state index contributed by atoms with van der Waals surface area (Å²) in [6.45, 7) is 0.708. The average molecular weight is 499 g/mol. The molecule has 0 spiro atoms. The Hall–Kier alpha value is -3.43. The Morgan fingerprint density at radius 2 is 1.44 bits per heavy atom. The first-order valence-corrected chi connectivity index (χ1v) is 12.8. The van der Waals surface area contributed by atoms with Gasteiger partial charge in [0, 0.05) is 19.0 Å². The van der Waals surface area contributed by atoms with Gasteiger partial charge in [0.05, 0.1) is 16.8 Å². The SMILES string of the molecule is O=C(Cn1c(=O)[nH]c2ccccc2c1=O)NCC1CCC(C(=O)NCC2CCC(C(=O)O)CC2)CC1. The van der Waals surface area contributed by atoms with Crippen LogP contribution in [0.3, 0.4) is 0 Å². The summed E-state index contributed by atoms with van der Waals surface area (Å²) in [5, 5.41) is 15.4. The van der Waals surface area contributed by atoms with Gasteiger partial charge in [0.1, 0.15) is 6.54 Å². The van der Waals surface area contributed by atoms with Crippen molar-refractivity contribution in [3.63, 3.8) is 0 Å². The van der Waals surface area contributed by atoms with Crippen LogP contribution in [0.25, 0.3) is 10.9 Å². The molecule has 2 amide bonds. The van der Waals surface area contributed by atoms with Crippen LogP contribution in [0.1, 0.15) is 51.4 Å². The molecule has 0 unspecified atom stereocenters. The number of rotatable bonds is 8. The van der Waals surface area contributed by atoms with Crippen LogP contribution in [0.2, 0.25) is 0 Å². The minimum atomic E-state index is -0.721. The van der Waals surface area contributed by atoms with Crippen molar-refractivity contribution in [2.75, 3.05) is 13.1 Å². The summed E-state index contributed by atoms with van der Waals surface area (Å²) in [5.41, 5.74) is -0.670. The van der Waals surface area contributed by atoms with E-state index in [-0.39, 0.29) is 30.2 Å². The number of aliphatic carboxylic acids is 1. The molecule has 10 heteroatoms. The van der Waals surface area contributed by atoms with Crippen molar-refractivity contribution in [1.29, 1.82) is 0 Å². The van der Waals surface area contributed by atoms with E-state index in [1.54, 1.807) is 24.3 Å². The number of amides is 2. The molecule has 0 aliphatic heterocycles. The maximum Gasteiger partial charge on any atom is 0.329 e. The number of aromatic nitrogens is 2. The highest BCUT2D eigenvalue weighted by molar-refractivity contribution is 5.79. The number of hydrogen-bond donors (Lipinski definition) is 4. The number of carbonyl (C=O) groups is 3. The summed E-state index contributed by atoms with van der Waals surface area (Å²) in [6, 6.07) is 6.68. The molecule has 2 aromatic rings. The van der Waals surface area contributed by atoms with Crippen molar-refractivity contribution >= 4 is 28.7 Å². The van der Waals surface area contributed by atoms with Gasteiger partial charge in [-0.3, -0.25) is 23.7 Å². The second-order valence-electron chi connectivity index (χ2n) is 10.2. The third-order valence-corrected chi connectivity index (χ3v) is 7.76. The number of carbonyl (C=O) groups excluding carboxylic acids is 2. The van der Waals surface area contributed by atoms with Gasteiger partial charge < -0.3 is 20.7 Å². The van der Waals surface area contributed by atoms with Crippen LogP contribution in [0.4, 0.5) is 0 Å². The van der Waals surface area contributed by atoms with Gasteiger partial charge in [-0.2, -0.15) is 0 Å². The van der Waals surface area contributed by atoms with Crippen LogP contribution in [0.15, 0.2) is 33.9 Å². The Morgan fingerprint density at radius 1 is 0.861 bits per heavy atom. The molecule has 10 nitrogen and oxygen atoms in total. The van der Waals surface area contributed by atoms with E-state index in [0.717, 1.165) is 43.1 Å². The molecule has 4 N–H and O–H groups in total. The lowest BCUT2D eigenvalue weighted by Crippen LogP contribution is -2.42. The first kappa shape index (κ1) is 25.7. The molecule has 0 radical (unpaired) electrons. The van der Waals surface area contributed by atoms with Crippen LogP contribution in [0, 0.1) is 23.7 Å². The quantitative estimate of drug-likeness (QED) is 0.434. The number of hydrogen-bond acceptors (Lipinski definition) is 5. The molecule has 0 saturated heterocycles. The predicted molar refractivity (Wildman–Crippen MR) is 133 cm³/mol. The summed E-state index contributed by atoms with van der Waals surface area (Å²) >= 11 is 0. The summed E-state index contributed by atoms with van der Waals surface area (Å²) in [4.78, 5) is 63.6. The Kier molecular flexibility index (Phi) is 8.22. The van der Waals surface area contributed by atoms with Crippen molar-refractivity contribution in [3.05, 3.63) is 45.1 Å². The van der Waals surface area contributed by atoms with Crippen molar-refractivity contribution in [2.45, 2.75) is 57.9 Å². The fraction of sp³-hybridized carbons (Fsp3) is 0.577. The standard InChI is InChI=1S/C26H34N4O6/c31-22(15-30-24(33)20-3-1-2-4-21(20)29-26(30)36)27-13-16-5-9-18(10-6-16)23(32)28-14-17-7-11-19(12-8-17)25(34)35/h1-4,16-19H,5-15H2,(H,27,31)(H,28,32)(H,29,36)(H,34,35). The van der Waals surface area contributed by atoms with Crippen LogP contribution in [-0.4, -0.2) is 45.5 Å². The van der Waals surface area contributed by atoms with E-state index in [1.165, 1.54) is 0 Å². The Bertz CT molecular complexity index is 1220. The lowest BCUT2D eigenvalue weighted by molar-refractivity contribution is -0.143. The molecule has 2 fully saturated rings. The van der Waals surface area contributed by atoms with Gasteiger partial charge >= 0.3 is 11.7 Å². The molecule has 2 saturated carbocycles. The van der Waals surface area contributed by atoms with Gasteiger partial charge in [0.2, 0.25) is 11.8 Å². The molecule has 1 heterocycles. The Balaban J connectivity index is 1.17. The predicted octanol–water partition coefficient (Wildman–Crippen LogP) is 1.62. The first-order valence-electron chi connectivity index (χ1n) is 12.8. The number of fused-ring (bicyclic) bond motifs is 1. The number of nitrogens with one attached hydrogen (secondary N) is 3. The number of H-pyrrole nitrogens is 1. The van der Waals surface area contributed by atoms with E-state index in [1.807, 2.05) is 0 Å². The number of carboxylic acids is 1. The highest BCUT2D eigenvalue weighted by atomic mass is 16.4. The zero-order valence-corrected chi connectivity index (χ0v) is 20.3. The third kappa shape index (κ3) is 6.22. The van der Waals surface area contributed by atoms with E-state index in [9.17, 15) is 24.0 Å². The molecule has 36 heavy (non-hydrogen) atoms. The fourth-order valence-corrected chi connectivity index (χ4v) is 5.43. The van der Waals surface area contributed by atoms with E-state index >= 15 is 0 Å².